The van der Waals surface area contributed by atoms with Crippen molar-refractivity contribution in [2.45, 2.75) is 20.0 Å². The minimum Gasteiger partial charge on any atom is -0.492 e. The van der Waals surface area contributed by atoms with E-state index in [1.165, 1.54) is 24.3 Å². The molecule has 10 heteroatoms. The minimum absolute atomic E-state index is 0.0690. The van der Waals surface area contributed by atoms with Crippen molar-refractivity contribution < 1.29 is 22.3 Å². The van der Waals surface area contributed by atoms with Crippen LogP contribution in [0.15, 0.2) is 24.3 Å². The molecule has 6 nitrogen and oxygen atoms in total. The molecule has 0 saturated carbocycles. The average molecular weight is 383 g/mol. The van der Waals surface area contributed by atoms with Gasteiger partial charge in [0.15, 0.2) is 11.5 Å². The number of likely N-dealkylation sites (N-methyl/N-ethyl adjacent to an activating group) is 1. The molecule has 144 valence electrons. The lowest BCUT2D eigenvalue weighted by atomic mass is 10.2. The number of ether oxygens (including phenoxy) is 1. The van der Waals surface area contributed by atoms with Gasteiger partial charge in [0.2, 0.25) is 0 Å². The Morgan fingerprint density at radius 3 is 2.37 bits per heavy atom. The van der Waals surface area contributed by atoms with Crippen molar-refractivity contribution in [1.29, 1.82) is 0 Å². The van der Waals surface area contributed by atoms with E-state index in [9.17, 15) is 17.6 Å². The van der Waals surface area contributed by atoms with Gasteiger partial charge in [-0.1, -0.05) is 0 Å². The van der Waals surface area contributed by atoms with Gasteiger partial charge in [-0.15, -0.1) is 15.3 Å². The number of nitrogens with zero attached hydrogens (tertiary/aromatic N) is 5. The molecular formula is C17H17F4N5O. The van der Waals surface area contributed by atoms with Gasteiger partial charge in [0, 0.05) is 18.2 Å². The molecule has 0 amide bonds. The minimum atomic E-state index is -4.66. The van der Waals surface area contributed by atoms with Crippen LogP contribution in [0.3, 0.4) is 0 Å². The third-order valence-corrected chi connectivity index (χ3v) is 4.19. The fourth-order valence-corrected chi connectivity index (χ4v) is 2.59. The summed E-state index contributed by atoms with van der Waals surface area (Å²) in [5.41, 5.74) is 1.33. The van der Waals surface area contributed by atoms with Crippen LogP contribution in [0.4, 0.5) is 23.4 Å². The lowest BCUT2D eigenvalue weighted by Gasteiger charge is -2.21. The number of aromatic nitrogens is 4. The molecule has 0 aliphatic carbocycles. The maximum absolute atomic E-state index is 13.1. The first kappa shape index (κ1) is 18.9. The second-order valence-electron chi connectivity index (χ2n) is 6.05. The van der Waals surface area contributed by atoms with Gasteiger partial charge in [-0.25, -0.2) is 4.39 Å². The number of hydrogen-bond acceptors (Lipinski definition) is 5. The normalized spacial score (nSPS) is 11.8. The van der Waals surface area contributed by atoms with Gasteiger partial charge in [0.05, 0.1) is 6.54 Å². The maximum Gasteiger partial charge on any atom is 0.453 e. The van der Waals surface area contributed by atoms with Crippen LogP contribution >= 0.6 is 0 Å². The first-order valence-electron chi connectivity index (χ1n) is 8.08. The second kappa shape index (κ2) is 7.01. The Morgan fingerprint density at radius 1 is 1.07 bits per heavy atom. The van der Waals surface area contributed by atoms with Gasteiger partial charge < -0.3 is 9.64 Å². The molecule has 27 heavy (non-hydrogen) atoms. The Morgan fingerprint density at radius 2 is 1.74 bits per heavy atom. The van der Waals surface area contributed by atoms with Crippen LogP contribution in [0.5, 0.6) is 5.75 Å². The van der Waals surface area contributed by atoms with Crippen LogP contribution in [0.2, 0.25) is 0 Å². The van der Waals surface area contributed by atoms with Crippen LogP contribution in [-0.2, 0) is 6.18 Å². The number of aryl methyl sites for hydroxylation is 1. The molecule has 0 fully saturated rings. The SMILES string of the molecule is Cc1c(N(C)CCOc2ccc(F)cc2)nn2c(C(F)(F)F)nnc2c1C. The molecule has 0 spiro atoms. The summed E-state index contributed by atoms with van der Waals surface area (Å²) in [4.78, 5) is 1.69. The first-order chi connectivity index (χ1) is 12.7. The molecule has 3 rings (SSSR count). The summed E-state index contributed by atoms with van der Waals surface area (Å²) in [6.07, 6.45) is -4.66. The highest BCUT2D eigenvalue weighted by molar-refractivity contribution is 5.59. The van der Waals surface area contributed by atoms with Crippen molar-refractivity contribution in [3.05, 3.63) is 47.0 Å². The van der Waals surface area contributed by atoms with E-state index in [-0.39, 0.29) is 18.1 Å². The number of anilines is 1. The van der Waals surface area contributed by atoms with Crippen molar-refractivity contribution in [1.82, 2.24) is 19.8 Å². The van der Waals surface area contributed by atoms with E-state index in [2.05, 4.69) is 15.3 Å². The molecule has 2 aromatic heterocycles. The number of alkyl halides is 3. The third-order valence-electron chi connectivity index (χ3n) is 4.19. The Bertz CT molecular complexity index is 953. The number of hydrogen-bond donors (Lipinski definition) is 0. The summed E-state index contributed by atoms with van der Waals surface area (Å²) in [7, 11) is 1.70. The Hall–Kier alpha value is -2.91. The van der Waals surface area contributed by atoms with Crippen molar-refractivity contribution in [3.8, 4) is 5.75 Å². The van der Waals surface area contributed by atoms with E-state index in [0.29, 0.717) is 29.2 Å². The summed E-state index contributed by atoms with van der Waals surface area (Å²) in [6.45, 7) is 4.04. The summed E-state index contributed by atoms with van der Waals surface area (Å²) in [5.74, 6) is -0.664. The van der Waals surface area contributed by atoms with Crippen LogP contribution in [0, 0.1) is 19.7 Å². The fourth-order valence-electron chi connectivity index (χ4n) is 2.59. The number of benzene rings is 1. The molecule has 0 unspecified atom stereocenters. The van der Waals surface area contributed by atoms with Crippen molar-refractivity contribution in [3.63, 3.8) is 0 Å². The molecule has 1 aromatic carbocycles. The highest BCUT2D eigenvalue weighted by Gasteiger charge is 2.38. The predicted molar refractivity (Wildman–Crippen MR) is 90.4 cm³/mol. The zero-order chi connectivity index (χ0) is 19.8. The topological polar surface area (TPSA) is 55.5 Å². The molecule has 3 aromatic rings. The number of halogens is 4. The van der Waals surface area contributed by atoms with Crippen molar-refractivity contribution in [2.75, 3.05) is 25.1 Å². The van der Waals surface area contributed by atoms with Crippen LogP contribution in [0.25, 0.3) is 5.65 Å². The lowest BCUT2D eigenvalue weighted by Crippen LogP contribution is -2.27. The summed E-state index contributed by atoms with van der Waals surface area (Å²) in [5, 5.41) is 10.9. The van der Waals surface area contributed by atoms with Gasteiger partial charge in [-0.05, 0) is 38.1 Å². The maximum atomic E-state index is 13.1. The van der Waals surface area contributed by atoms with Gasteiger partial charge >= 0.3 is 6.18 Å². The molecule has 0 aliphatic heterocycles. The van der Waals surface area contributed by atoms with Gasteiger partial charge in [0.1, 0.15) is 18.2 Å². The Kier molecular flexibility index (Phi) is 4.90. The van der Waals surface area contributed by atoms with Gasteiger partial charge in [-0.3, -0.25) is 0 Å². The van der Waals surface area contributed by atoms with Crippen LogP contribution in [0.1, 0.15) is 17.0 Å². The van der Waals surface area contributed by atoms with E-state index >= 15 is 0 Å². The molecule has 0 radical (unpaired) electrons. The quantitative estimate of drug-likeness (QED) is 0.632. The molecule has 0 aliphatic rings. The number of fused-ring (bicyclic) bond motifs is 1. The summed E-state index contributed by atoms with van der Waals surface area (Å²) >= 11 is 0. The molecule has 0 atom stereocenters. The molecule has 2 heterocycles. The van der Waals surface area contributed by atoms with E-state index in [1.807, 2.05) is 0 Å². The molecule has 0 N–H and O–H groups in total. The van der Waals surface area contributed by atoms with Crippen molar-refractivity contribution >= 4 is 11.5 Å². The number of rotatable bonds is 5. The summed E-state index contributed by atoms with van der Waals surface area (Å²) < 4.78 is 58.5. The van der Waals surface area contributed by atoms with Gasteiger partial charge in [0.25, 0.3) is 5.82 Å². The zero-order valence-corrected chi connectivity index (χ0v) is 14.9. The van der Waals surface area contributed by atoms with E-state index in [1.54, 1.807) is 25.8 Å². The summed E-state index contributed by atoms with van der Waals surface area (Å²) in [6, 6.07) is 5.57. The predicted octanol–water partition coefficient (Wildman–Crippen LogP) is 3.41. The molecule has 0 bridgehead atoms. The largest absolute Gasteiger partial charge is 0.492 e. The molecule has 0 saturated heterocycles. The lowest BCUT2D eigenvalue weighted by molar-refractivity contribution is -0.146. The Labute approximate surface area is 152 Å². The van der Waals surface area contributed by atoms with Crippen molar-refractivity contribution in [2.24, 2.45) is 0 Å². The van der Waals surface area contributed by atoms with E-state index < -0.39 is 12.0 Å². The highest BCUT2D eigenvalue weighted by Crippen LogP contribution is 2.30. The van der Waals surface area contributed by atoms with E-state index in [0.717, 1.165) is 4.52 Å². The standard InChI is InChI=1S/C17H17F4N5O/c1-10-11(2)15(24-26-14(10)22-23-16(26)17(19,20)21)25(3)8-9-27-13-6-4-12(18)5-7-13/h4-7H,8-9H2,1-3H3. The zero-order valence-electron chi connectivity index (χ0n) is 14.9. The molecular weight excluding hydrogens is 366 g/mol. The fraction of sp³-hybridized carbons (Fsp3) is 0.353. The first-order valence-corrected chi connectivity index (χ1v) is 8.08. The van der Waals surface area contributed by atoms with Crippen LogP contribution < -0.4 is 9.64 Å². The Balaban J connectivity index is 1.82. The van der Waals surface area contributed by atoms with E-state index in [4.69, 9.17) is 4.74 Å². The third kappa shape index (κ3) is 3.79. The monoisotopic (exact) mass is 383 g/mol. The smallest absolute Gasteiger partial charge is 0.453 e. The highest BCUT2D eigenvalue weighted by atomic mass is 19.4. The van der Waals surface area contributed by atoms with Gasteiger partial charge in [-0.2, -0.15) is 17.7 Å². The average Bonchev–Trinajstić information content (AvgIpc) is 3.04. The second-order valence-corrected chi connectivity index (χ2v) is 6.05. The van der Waals surface area contributed by atoms with Crippen LogP contribution in [-0.4, -0.2) is 40.0 Å².